The SMILES string of the molecule is COc1cc(NC(=O)c2ccc(O)c(Cl)c2)ccc1F. The van der Waals surface area contributed by atoms with Crippen molar-refractivity contribution in [2.45, 2.75) is 0 Å². The van der Waals surface area contributed by atoms with Gasteiger partial charge in [0.05, 0.1) is 12.1 Å². The summed E-state index contributed by atoms with van der Waals surface area (Å²) in [5.41, 5.74) is 0.661. The molecule has 2 rings (SSSR count). The fourth-order valence-corrected chi connectivity index (χ4v) is 1.77. The van der Waals surface area contributed by atoms with E-state index < -0.39 is 11.7 Å². The van der Waals surface area contributed by atoms with Crippen LogP contribution in [0.3, 0.4) is 0 Å². The number of aromatic hydroxyl groups is 1. The van der Waals surface area contributed by atoms with E-state index in [1.54, 1.807) is 0 Å². The van der Waals surface area contributed by atoms with Crippen LogP contribution in [-0.2, 0) is 0 Å². The molecule has 0 radical (unpaired) electrons. The van der Waals surface area contributed by atoms with Crippen molar-refractivity contribution >= 4 is 23.2 Å². The van der Waals surface area contributed by atoms with E-state index in [1.807, 2.05) is 0 Å². The van der Waals surface area contributed by atoms with Gasteiger partial charge in [0.2, 0.25) is 0 Å². The smallest absolute Gasteiger partial charge is 0.255 e. The Hall–Kier alpha value is -2.27. The largest absolute Gasteiger partial charge is 0.506 e. The number of hydrogen-bond donors (Lipinski definition) is 2. The first-order valence-electron chi connectivity index (χ1n) is 5.64. The highest BCUT2D eigenvalue weighted by Crippen LogP contribution is 2.25. The minimum absolute atomic E-state index is 0.0338. The van der Waals surface area contributed by atoms with Gasteiger partial charge in [-0.1, -0.05) is 11.6 Å². The van der Waals surface area contributed by atoms with E-state index in [2.05, 4.69) is 5.32 Å². The average molecular weight is 296 g/mol. The summed E-state index contributed by atoms with van der Waals surface area (Å²) < 4.78 is 18.1. The molecule has 2 aromatic rings. The maximum absolute atomic E-state index is 13.2. The summed E-state index contributed by atoms with van der Waals surface area (Å²) in [5, 5.41) is 12.0. The van der Waals surface area contributed by atoms with Crippen LogP contribution >= 0.6 is 11.6 Å². The second-order valence-electron chi connectivity index (χ2n) is 3.97. The zero-order chi connectivity index (χ0) is 14.7. The van der Waals surface area contributed by atoms with Gasteiger partial charge in [-0.25, -0.2) is 4.39 Å². The molecule has 2 N–H and O–H groups in total. The quantitative estimate of drug-likeness (QED) is 0.912. The van der Waals surface area contributed by atoms with Gasteiger partial charge < -0.3 is 15.2 Å². The number of benzene rings is 2. The summed E-state index contributed by atoms with van der Waals surface area (Å²) in [6.07, 6.45) is 0. The summed E-state index contributed by atoms with van der Waals surface area (Å²) in [4.78, 5) is 12.0. The zero-order valence-corrected chi connectivity index (χ0v) is 11.2. The van der Waals surface area contributed by atoms with E-state index in [0.717, 1.165) is 0 Å². The predicted octanol–water partition coefficient (Wildman–Crippen LogP) is 3.45. The first-order chi connectivity index (χ1) is 9.51. The number of methoxy groups -OCH3 is 1. The molecule has 0 spiro atoms. The number of anilines is 1. The summed E-state index contributed by atoms with van der Waals surface area (Å²) >= 11 is 5.73. The van der Waals surface area contributed by atoms with Crippen molar-refractivity contribution in [2.24, 2.45) is 0 Å². The van der Waals surface area contributed by atoms with Crippen molar-refractivity contribution < 1.29 is 19.0 Å². The van der Waals surface area contributed by atoms with E-state index in [1.165, 1.54) is 43.5 Å². The molecule has 0 heterocycles. The first-order valence-corrected chi connectivity index (χ1v) is 6.02. The number of ether oxygens (including phenoxy) is 1. The molecule has 0 aliphatic rings. The molecule has 0 atom stereocenters. The van der Waals surface area contributed by atoms with Crippen molar-refractivity contribution in [3.63, 3.8) is 0 Å². The number of hydrogen-bond acceptors (Lipinski definition) is 3. The number of rotatable bonds is 3. The fraction of sp³-hybridized carbons (Fsp3) is 0.0714. The number of nitrogens with one attached hydrogen (secondary N) is 1. The van der Waals surface area contributed by atoms with Gasteiger partial charge in [-0.05, 0) is 30.3 Å². The molecule has 2 aromatic carbocycles. The van der Waals surface area contributed by atoms with Gasteiger partial charge in [-0.2, -0.15) is 0 Å². The second-order valence-corrected chi connectivity index (χ2v) is 4.38. The summed E-state index contributed by atoms with van der Waals surface area (Å²) in [6.45, 7) is 0. The molecule has 4 nitrogen and oxygen atoms in total. The van der Waals surface area contributed by atoms with Crippen LogP contribution in [0, 0.1) is 5.82 Å². The lowest BCUT2D eigenvalue weighted by molar-refractivity contribution is 0.102. The Morgan fingerprint density at radius 2 is 2.05 bits per heavy atom. The Labute approximate surface area is 119 Å². The highest BCUT2D eigenvalue weighted by molar-refractivity contribution is 6.32. The van der Waals surface area contributed by atoms with Crippen LogP contribution in [0.15, 0.2) is 36.4 Å². The molecule has 0 bridgehead atoms. The molecule has 104 valence electrons. The monoisotopic (exact) mass is 295 g/mol. The van der Waals surface area contributed by atoms with E-state index in [-0.39, 0.29) is 22.1 Å². The van der Waals surface area contributed by atoms with Crippen LogP contribution in [-0.4, -0.2) is 18.1 Å². The summed E-state index contributed by atoms with van der Waals surface area (Å²) in [5.74, 6) is -1.02. The van der Waals surface area contributed by atoms with E-state index in [4.69, 9.17) is 16.3 Å². The molecule has 6 heteroatoms. The standard InChI is InChI=1S/C14H11ClFNO3/c1-20-13-7-9(3-4-11(13)16)17-14(19)8-2-5-12(18)10(15)6-8/h2-7,18H,1H3,(H,17,19). The Morgan fingerprint density at radius 1 is 1.30 bits per heavy atom. The number of carbonyl (C=O) groups is 1. The minimum Gasteiger partial charge on any atom is -0.506 e. The first kappa shape index (κ1) is 14.1. The van der Waals surface area contributed by atoms with Crippen LogP contribution < -0.4 is 10.1 Å². The molecule has 0 unspecified atom stereocenters. The summed E-state index contributed by atoms with van der Waals surface area (Å²) in [7, 11) is 1.34. The Morgan fingerprint density at radius 3 is 2.70 bits per heavy atom. The second kappa shape index (κ2) is 5.79. The van der Waals surface area contributed by atoms with E-state index in [9.17, 15) is 14.3 Å². The third kappa shape index (κ3) is 3.00. The average Bonchev–Trinajstić information content (AvgIpc) is 2.43. The lowest BCUT2D eigenvalue weighted by atomic mass is 10.2. The van der Waals surface area contributed by atoms with Crippen LogP contribution in [0.5, 0.6) is 11.5 Å². The third-order valence-electron chi connectivity index (χ3n) is 2.62. The molecular formula is C14H11ClFNO3. The number of halogens is 2. The normalized spacial score (nSPS) is 10.2. The molecular weight excluding hydrogens is 285 g/mol. The van der Waals surface area contributed by atoms with Crippen LogP contribution in [0.2, 0.25) is 5.02 Å². The Balaban J connectivity index is 2.21. The van der Waals surface area contributed by atoms with Gasteiger partial charge in [0.15, 0.2) is 11.6 Å². The lowest BCUT2D eigenvalue weighted by Crippen LogP contribution is -2.12. The molecule has 0 saturated heterocycles. The molecule has 0 aromatic heterocycles. The highest BCUT2D eigenvalue weighted by Gasteiger charge is 2.10. The van der Waals surface area contributed by atoms with Crippen molar-refractivity contribution in [3.8, 4) is 11.5 Å². The van der Waals surface area contributed by atoms with Crippen LogP contribution in [0.4, 0.5) is 10.1 Å². The van der Waals surface area contributed by atoms with E-state index in [0.29, 0.717) is 5.69 Å². The molecule has 0 saturated carbocycles. The van der Waals surface area contributed by atoms with Gasteiger partial charge in [-0.3, -0.25) is 4.79 Å². The molecule has 20 heavy (non-hydrogen) atoms. The molecule has 0 aliphatic carbocycles. The Bertz CT molecular complexity index is 661. The third-order valence-corrected chi connectivity index (χ3v) is 2.92. The van der Waals surface area contributed by atoms with Gasteiger partial charge in [0, 0.05) is 17.3 Å². The van der Waals surface area contributed by atoms with Crippen LogP contribution in [0.1, 0.15) is 10.4 Å². The van der Waals surface area contributed by atoms with Crippen molar-refractivity contribution in [1.82, 2.24) is 0 Å². The fourth-order valence-electron chi connectivity index (χ4n) is 1.59. The van der Waals surface area contributed by atoms with Gasteiger partial charge in [0.25, 0.3) is 5.91 Å². The number of phenols is 1. The van der Waals surface area contributed by atoms with Crippen molar-refractivity contribution in [2.75, 3.05) is 12.4 Å². The molecule has 0 fully saturated rings. The number of carbonyl (C=O) groups excluding carboxylic acids is 1. The number of amides is 1. The van der Waals surface area contributed by atoms with Gasteiger partial charge >= 0.3 is 0 Å². The minimum atomic E-state index is -0.516. The summed E-state index contributed by atoms with van der Waals surface area (Å²) in [6, 6.07) is 8.07. The van der Waals surface area contributed by atoms with Crippen molar-refractivity contribution in [3.05, 3.63) is 52.8 Å². The molecule has 1 amide bonds. The lowest BCUT2D eigenvalue weighted by Gasteiger charge is -2.08. The van der Waals surface area contributed by atoms with Gasteiger partial charge in [0.1, 0.15) is 5.75 Å². The van der Waals surface area contributed by atoms with Crippen LogP contribution in [0.25, 0.3) is 0 Å². The number of phenolic OH excluding ortho intramolecular Hbond substituents is 1. The van der Waals surface area contributed by atoms with E-state index >= 15 is 0 Å². The van der Waals surface area contributed by atoms with Crippen molar-refractivity contribution in [1.29, 1.82) is 0 Å². The highest BCUT2D eigenvalue weighted by atomic mass is 35.5. The van der Waals surface area contributed by atoms with Gasteiger partial charge in [-0.15, -0.1) is 0 Å². The predicted molar refractivity (Wildman–Crippen MR) is 74.0 cm³/mol. The molecule has 0 aliphatic heterocycles. The maximum Gasteiger partial charge on any atom is 0.255 e. The zero-order valence-electron chi connectivity index (χ0n) is 10.5. The Kier molecular flexibility index (Phi) is 4.10. The maximum atomic E-state index is 13.2. The topological polar surface area (TPSA) is 58.6 Å².